The molecule has 0 nitrogen and oxygen atoms in total. The van der Waals surface area contributed by atoms with Gasteiger partial charge in [0.15, 0.2) is 0 Å². The molecule has 0 bridgehead atoms. The van der Waals surface area contributed by atoms with E-state index in [1.807, 2.05) is 0 Å². The van der Waals surface area contributed by atoms with E-state index in [9.17, 15) is 0 Å². The molecule has 0 N–H and O–H groups in total. The molecule has 0 fully saturated rings. The van der Waals surface area contributed by atoms with E-state index in [4.69, 9.17) is 0 Å². The van der Waals surface area contributed by atoms with Crippen LogP contribution in [0.25, 0.3) is 22.3 Å². The number of halogens is 1. The van der Waals surface area contributed by atoms with Crippen LogP contribution in [0.3, 0.4) is 0 Å². The van der Waals surface area contributed by atoms with E-state index in [1.54, 1.807) is 0 Å². The van der Waals surface area contributed by atoms with Crippen LogP contribution in [0.15, 0.2) is 42.5 Å². The van der Waals surface area contributed by atoms with Gasteiger partial charge in [-0.05, 0) is 97.2 Å². The summed E-state index contributed by atoms with van der Waals surface area (Å²) >= 11 is 0. The smallest absolute Gasteiger partial charge is 0 e. The summed E-state index contributed by atoms with van der Waals surface area (Å²) in [6.45, 7) is 27.8. The first-order chi connectivity index (χ1) is 16.8. The molecule has 2 heteroatoms. The Morgan fingerprint density at radius 3 is 0.921 bits per heavy atom. The fourth-order valence-corrected chi connectivity index (χ4v) is 5.29. The van der Waals surface area contributed by atoms with Crippen molar-refractivity contribution in [2.75, 3.05) is 0 Å². The van der Waals surface area contributed by atoms with Gasteiger partial charge < -0.3 is 17.0 Å². The molecule has 0 unspecified atom stereocenters. The zero-order chi connectivity index (χ0) is 26.9. The largest absolute Gasteiger partial charge is 1.00 e. The van der Waals surface area contributed by atoms with Gasteiger partial charge in [0.1, 0.15) is 0 Å². The molecule has 0 aromatic heterocycles. The van der Waals surface area contributed by atoms with Crippen molar-refractivity contribution in [3.05, 3.63) is 81.9 Å². The average molecular weight is 769 g/mol. The van der Waals surface area contributed by atoms with Crippen molar-refractivity contribution in [2.24, 2.45) is 0 Å². The first kappa shape index (κ1) is 35.1. The standard InChI is InChI=1S/C36H49.BrH.Pb/c1-21(2)29-17-31(23(5)6)35(32(18-29)24(7)8)27-14-13-15-28(16-27)36-33(25(9)10)19-30(22(3)4)20-34(36)26(11)12;;/h13-15,17-26H,1-12H3;1H;/p-1. The van der Waals surface area contributed by atoms with Crippen molar-refractivity contribution in [1.82, 2.24) is 0 Å². The van der Waals surface area contributed by atoms with Gasteiger partial charge in [0.05, 0.1) is 0 Å². The summed E-state index contributed by atoms with van der Waals surface area (Å²) in [6, 6.07) is 20.6. The third-order valence-corrected chi connectivity index (χ3v) is 7.60. The van der Waals surface area contributed by atoms with Crippen LogP contribution >= 0.6 is 0 Å². The maximum absolute atomic E-state index is 3.96. The molecule has 0 aliphatic heterocycles. The fraction of sp³-hybridized carbons (Fsp3) is 0.500. The Morgan fingerprint density at radius 1 is 0.447 bits per heavy atom. The average Bonchev–Trinajstić information content (AvgIpc) is 2.81. The molecule has 0 aliphatic carbocycles. The van der Waals surface area contributed by atoms with E-state index in [0.717, 1.165) is 0 Å². The summed E-state index contributed by atoms with van der Waals surface area (Å²) in [7, 11) is 0. The summed E-state index contributed by atoms with van der Waals surface area (Å²) in [4.78, 5) is 0. The zero-order valence-corrected chi connectivity index (χ0v) is 31.4. The minimum Gasteiger partial charge on any atom is -1.00 e. The van der Waals surface area contributed by atoms with Gasteiger partial charge in [0, 0.05) is 27.3 Å². The Morgan fingerprint density at radius 2 is 0.711 bits per heavy atom. The van der Waals surface area contributed by atoms with Gasteiger partial charge in [0.2, 0.25) is 0 Å². The van der Waals surface area contributed by atoms with Gasteiger partial charge in [-0.3, -0.25) is 0 Å². The maximum atomic E-state index is 3.96. The molecule has 3 rings (SSSR count). The van der Waals surface area contributed by atoms with Crippen molar-refractivity contribution >= 4 is 27.3 Å². The second kappa shape index (κ2) is 14.6. The van der Waals surface area contributed by atoms with Crippen molar-refractivity contribution in [2.45, 2.75) is 119 Å². The molecular formula is C36H49BrPb-. The van der Waals surface area contributed by atoms with Crippen molar-refractivity contribution in [3.63, 3.8) is 0 Å². The second-order valence-electron chi connectivity index (χ2n) is 12.6. The number of benzene rings is 3. The molecule has 38 heavy (non-hydrogen) atoms. The third kappa shape index (κ3) is 7.62. The van der Waals surface area contributed by atoms with Crippen LogP contribution in [-0.4, -0.2) is 27.3 Å². The maximum Gasteiger partial charge on any atom is 0 e. The second-order valence-corrected chi connectivity index (χ2v) is 12.6. The molecule has 0 saturated carbocycles. The summed E-state index contributed by atoms with van der Waals surface area (Å²) < 4.78 is 0. The molecule has 0 aliphatic rings. The Bertz CT molecular complexity index is 1050. The van der Waals surface area contributed by atoms with Crippen LogP contribution in [0, 0.1) is 6.07 Å². The minimum atomic E-state index is 0. The van der Waals surface area contributed by atoms with E-state index < -0.39 is 0 Å². The monoisotopic (exact) mass is 768 g/mol. The molecule has 0 heterocycles. The topological polar surface area (TPSA) is 0 Å². The van der Waals surface area contributed by atoms with Crippen LogP contribution in [0.1, 0.15) is 152 Å². The van der Waals surface area contributed by atoms with Crippen LogP contribution in [0.2, 0.25) is 0 Å². The predicted molar refractivity (Wildman–Crippen MR) is 166 cm³/mol. The first-order valence-corrected chi connectivity index (χ1v) is 14.2. The summed E-state index contributed by atoms with van der Waals surface area (Å²) in [5.41, 5.74) is 13.9. The van der Waals surface area contributed by atoms with Gasteiger partial charge in [0.25, 0.3) is 0 Å². The number of hydrogen-bond donors (Lipinski definition) is 0. The normalized spacial score (nSPS) is 11.6. The predicted octanol–water partition coefficient (Wildman–Crippen LogP) is 8.18. The quantitative estimate of drug-likeness (QED) is 0.203. The molecule has 3 aromatic rings. The van der Waals surface area contributed by atoms with Crippen LogP contribution < -0.4 is 17.0 Å². The summed E-state index contributed by atoms with van der Waals surface area (Å²) in [5.74, 6) is 2.86. The molecular weight excluding hydrogens is 720 g/mol. The fourth-order valence-electron chi connectivity index (χ4n) is 5.29. The Labute approximate surface area is 265 Å². The Hall–Kier alpha value is -0.938. The van der Waals surface area contributed by atoms with E-state index >= 15 is 0 Å². The minimum absolute atomic E-state index is 0. The molecule has 0 atom stereocenters. The van der Waals surface area contributed by atoms with Crippen LogP contribution in [0.5, 0.6) is 0 Å². The molecule has 0 spiro atoms. The van der Waals surface area contributed by atoms with Crippen LogP contribution in [0.4, 0.5) is 0 Å². The van der Waals surface area contributed by atoms with Gasteiger partial charge in [-0.1, -0.05) is 126 Å². The molecule has 3 aromatic carbocycles. The van der Waals surface area contributed by atoms with Gasteiger partial charge in [-0.25, -0.2) is 0 Å². The molecule has 5 radical (unpaired) electrons. The summed E-state index contributed by atoms with van der Waals surface area (Å²) in [5, 5.41) is 0. The van der Waals surface area contributed by atoms with Crippen molar-refractivity contribution in [1.29, 1.82) is 0 Å². The van der Waals surface area contributed by atoms with Gasteiger partial charge in [-0.2, -0.15) is 0 Å². The zero-order valence-electron chi connectivity index (χ0n) is 25.9. The van der Waals surface area contributed by atoms with E-state index in [0.29, 0.717) is 35.5 Å². The van der Waals surface area contributed by atoms with Crippen LogP contribution in [-0.2, 0) is 0 Å². The first-order valence-electron chi connectivity index (χ1n) is 14.2. The Balaban J connectivity index is 0.00000361. The number of hydrogen-bond acceptors (Lipinski definition) is 0. The SMILES string of the molecule is CC(C)c1cc(C(C)C)c(-c2[c]c(-c3c(C(C)C)cc(C(C)C)cc3C(C)C)ccc2)c(C(C)C)c1.[Br-].[Pb]. The molecule has 205 valence electrons. The van der Waals surface area contributed by atoms with Crippen molar-refractivity contribution in [3.8, 4) is 22.3 Å². The van der Waals surface area contributed by atoms with Crippen molar-refractivity contribution < 1.29 is 17.0 Å². The summed E-state index contributed by atoms with van der Waals surface area (Å²) in [6.07, 6.45) is 0. The number of rotatable bonds is 8. The van der Waals surface area contributed by atoms with E-state index in [-0.39, 0.29) is 44.3 Å². The van der Waals surface area contributed by atoms with Gasteiger partial charge in [-0.15, -0.1) is 0 Å². The van der Waals surface area contributed by atoms with Gasteiger partial charge >= 0.3 is 0 Å². The molecule has 0 saturated heterocycles. The Kier molecular flexibility index (Phi) is 13.5. The molecule has 0 amide bonds. The van der Waals surface area contributed by atoms with E-state index in [2.05, 4.69) is 132 Å². The third-order valence-electron chi connectivity index (χ3n) is 7.60. The van der Waals surface area contributed by atoms with E-state index in [1.165, 1.54) is 55.6 Å².